The van der Waals surface area contributed by atoms with Crippen LogP contribution in [0.3, 0.4) is 0 Å². The molecule has 0 spiro atoms. The topological polar surface area (TPSA) is 61.4 Å². The largest absolute Gasteiger partial charge is 0.350 e. The standard InChI is InChI=1S/C21H28ClN5O/c1-14(2)24-20(28)17-11-23-21(26(3)4)25-19(17)16-9-10-27(13-16)12-15-7-5-6-8-18(15)22/h5-8,11,14,16H,9-10,12-13H2,1-4H3,(H,24,28). The minimum Gasteiger partial charge on any atom is -0.350 e. The van der Waals surface area contributed by atoms with Crippen LogP contribution in [0.4, 0.5) is 5.95 Å². The molecule has 0 saturated carbocycles. The molecule has 28 heavy (non-hydrogen) atoms. The van der Waals surface area contributed by atoms with Crippen LogP contribution in [0.1, 0.15) is 47.8 Å². The number of rotatable bonds is 6. The van der Waals surface area contributed by atoms with Crippen molar-refractivity contribution in [3.05, 3.63) is 52.3 Å². The Bertz CT molecular complexity index is 839. The number of likely N-dealkylation sites (tertiary alicyclic amines) is 1. The molecule has 1 aliphatic heterocycles. The number of benzene rings is 1. The predicted molar refractivity (Wildman–Crippen MR) is 113 cm³/mol. The summed E-state index contributed by atoms with van der Waals surface area (Å²) in [4.78, 5) is 26.0. The third-order valence-corrected chi connectivity index (χ3v) is 5.25. The van der Waals surface area contributed by atoms with Crippen molar-refractivity contribution in [2.75, 3.05) is 32.1 Å². The Kier molecular flexibility index (Phi) is 6.52. The molecule has 6 nitrogen and oxygen atoms in total. The van der Waals surface area contributed by atoms with Gasteiger partial charge in [0.05, 0.1) is 11.3 Å². The van der Waals surface area contributed by atoms with E-state index in [2.05, 4.69) is 21.3 Å². The Morgan fingerprint density at radius 1 is 1.36 bits per heavy atom. The average molecular weight is 402 g/mol. The van der Waals surface area contributed by atoms with Gasteiger partial charge in [-0.1, -0.05) is 29.8 Å². The molecule has 1 N–H and O–H groups in total. The fourth-order valence-electron chi connectivity index (χ4n) is 3.49. The fourth-order valence-corrected chi connectivity index (χ4v) is 3.69. The summed E-state index contributed by atoms with van der Waals surface area (Å²) in [5, 5.41) is 3.76. The minimum atomic E-state index is -0.111. The number of nitrogens with one attached hydrogen (secondary N) is 1. The summed E-state index contributed by atoms with van der Waals surface area (Å²) in [5.74, 6) is 0.706. The van der Waals surface area contributed by atoms with Crippen LogP contribution in [0.2, 0.25) is 5.02 Å². The van der Waals surface area contributed by atoms with Crippen molar-refractivity contribution in [1.82, 2.24) is 20.2 Å². The van der Waals surface area contributed by atoms with E-state index in [4.69, 9.17) is 16.6 Å². The predicted octanol–water partition coefficient (Wildman–Crippen LogP) is 3.32. The molecule has 2 aromatic rings. The minimum absolute atomic E-state index is 0.0641. The van der Waals surface area contributed by atoms with Crippen LogP contribution in [-0.4, -0.2) is 54.0 Å². The molecule has 3 rings (SSSR count). The van der Waals surface area contributed by atoms with Crippen molar-refractivity contribution >= 4 is 23.5 Å². The molecule has 0 bridgehead atoms. The smallest absolute Gasteiger partial charge is 0.254 e. The van der Waals surface area contributed by atoms with Gasteiger partial charge in [-0.25, -0.2) is 9.97 Å². The summed E-state index contributed by atoms with van der Waals surface area (Å²) < 4.78 is 0. The molecule has 150 valence electrons. The second-order valence-electron chi connectivity index (χ2n) is 7.80. The molecular formula is C21H28ClN5O. The Hall–Kier alpha value is -2.18. The third kappa shape index (κ3) is 4.80. The molecule has 1 aliphatic rings. The summed E-state index contributed by atoms with van der Waals surface area (Å²) in [6.07, 6.45) is 2.61. The summed E-state index contributed by atoms with van der Waals surface area (Å²) in [6.45, 7) is 6.50. The van der Waals surface area contributed by atoms with E-state index >= 15 is 0 Å². The second kappa shape index (κ2) is 8.88. The maximum absolute atomic E-state index is 12.7. The Morgan fingerprint density at radius 3 is 2.79 bits per heavy atom. The van der Waals surface area contributed by atoms with Gasteiger partial charge in [-0.3, -0.25) is 9.69 Å². The number of hydrogen-bond donors (Lipinski definition) is 1. The van der Waals surface area contributed by atoms with Crippen molar-refractivity contribution in [3.8, 4) is 0 Å². The lowest BCUT2D eigenvalue weighted by molar-refractivity contribution is 0.0940. The first kappa shape index (κ1) is 20.6. The highest BCUT2D eigenvalue weighted by atomic mass is 35.5. The van der Waals surface area contributed by atoms with Crippen molar-refractivity contribution < 1.29 is 4.79 Å². The molecular weight excluding hydrogens is 374 g/mol. The molecule has 1 aromatic heterocycles. The highest BCUT2D eigenvalue weighted by Crippen LogP contribution is 2.31. The van der Waals surface area contributed by atoms with E-state index in [9.17, 15) is 4.79 Å². The maximum atomic E-state index is 12.7. The van der Waals surface area contributed by atoms with Crippen LogP contribution in [0.15, 0.2) is 30.5 Å². The summed E-state index contributed by atoms with van der Waals surface area (Å²) in [7, 11) is 3.82. The van der Waals surface area contributed by atoms with Crippen molar-refractivity contribution in [2.45, 2.75) is 38.8 Å². The van der Waals surface area contributed by atoms with Crippen LogP contribution in [0.5, 0.6) is 0 Å². The number of amides is 1. The van der Waals surface area contributed by atoms with E-state index in [0.29, 0.717) is 11.5 Å². The molecule has 7 heteroatoms. The first-order chi connectivity index (χ1) is 13.3. The number of carbonyl (C=O) groups excluding carboxylic acids is 1. The number of halogens is 1. The molecule has 0 aliphatic carbocycles. The Balaban J connectivity index is 1.82. The monoisotopic (exact) mass is 401 g/mol. The Morgan fingerprint density at radius 2 is 2.11 bits per heavy atom. The Labute approximate surface area is 171 Å². The highest BCUT2D eigenvalue weighted by Gasteiger charge is 2.30. The van der Waals surface area contributed by atoms with Crippen LogP contribution in [-0.2, 0) is 6.54 Å². The number of hydrogen-bond acceptors (Lipinski definition) is 5. The zero-order valence-corrected chi connectivity index (χ0v) is 17.7. The van der Waals surface area contributed by atoms with E-state index in [0.717, 1.165) is 42.3 Å². The molecule has 0 radical (unpaired) electrons. The number of aromatic nitrogens is 2. The van der Waals surface area contributed by atoms with Gasteiger partial charge in [-0.15, -0.1) is 0 Å². The van der Waals surface area contributed by atoms with Crippen LogP contribution < -0.4 is 10.2 Å². The molecule has 1 fully saturated rings. The summed E-state index contributed by atoms with van der Waals surface area (Å²) >= 11 is 6.32. The molecule has 1 aromatic carbocycles. The summed E-state index contributed by atoms with van der Waals surface area (Å²) in [5.41, 5.74) is 2.53. The van der Waals surface area contributed by atoms with E-state index < -0.39 is 0 Å². The quantitative estimate of drug-likeness (QED) is 0.804. The second-order valence-corrected chi connectivity index (χ2v) is 8.21. The lowest BCUT2D eigenvalue weighted by Gasteiger charge is -2.20. The third-order valence-electron chi connectivity index (χ3n) is 4.88. The normalized spacial score (nSPS) is 17.1. The zero-order chi connectivity index (χ0) is 20.3. The van der Waals surface area contributed by atoms with Gasteiger partial charge in [0.2, 0.25) is 5.95 Å². The molecule has 1 amide bonds. The van der Waals surface area contributed by atoms with Gasteiger partial charge in [0, 0.05) is 50.4 Å². The number of nitrogens with zero attached hydrogens (tertiary/aromatic N) is 4. The lowest BCUT2D eigenvalue weighted by atomic mass is 9.99. The molecule has 1 atom stereocenters. The van der Waals surface area contributed by atoms with E-state index in [1.54, 1.807) is 6.20 Å². The van der Waals surface area contributed by atoms with Gasteiger partial charge >= 0.3 is 0 Å². The van der Waals surface area contributed by atoms with Crippen molar-refractivity contribution in [3.63, 3.8) is 0 Å². The van der Waals surface area contributed by atoms with E-state index in [1.807, 2.05) is 51.0 Å². The van der Waals surface area contributed by atoms with E-state index in [-0.39, 0.29) is 17.9 Å². The average Bonchev–Trinajstić information content (AvgIpc) is 3.11. The van der Waals surface area contributed by atoms with Crippen molar-refractivity contribution in [2.24, 2.45) is 0 Å². The molecule has 1 unspecified atom stereocenters. The lowest BCUT2D eigenvalue weighted by Crippen LogP contribution is -2.32. The van der Waals surface area contributed by atoms with Gasteiger partial charge in [-0.05, 0) is 38.4 Å². The zero-order valence-electron chi connectivity index (χ0n) is 16.9. The van der Waals surface area contributed by atoms with Crippen LogP contribution in [0, 0.1) is 0 Å². The SMILES string of the molecule is CC(C)NC(=O)c1cnc(N(C)C)nc1C1CCN(Cc2ccccc2Cl)C1. The first-order valence-electron chi connectivity index (χ1n) is 9.66. The van der Waals surface area contributed by atoms with E-state index in [1.165, 1.54) is 0 Å². The van der Waals surface area contributed by atoms with Gasteiger partial charge in [-0.2, -0.15) is 0 Å². The van der Waals surface area contributed by atoms with Gasteiger partial charge < -0.3 is 10.2 Å². The number of carbonyl (C=O) groups is 1. The van der Waals surface area contributed by atoms with Crippen LogP contribution in [0.25, 0.3) is 0 Å². The van der Waals surface area contributed by atoms with Gasteiger partial charge in [0.15, 0.2) is 0 Å². The van der Waals surface area contributed by atoms with Crippen LogP contribution >= 0.6 is 11.6 Å². The highest BCUT2D eigenvalue weighted by molar-refractivity contribution is 6.31. The van der Waals surface area contributed by atoms with Gasteiger partial charge in [0.1, 0.15) is 0 Å². The van der Waals surface area contributed by atoms with Crippen molar-refractivity contribution in [1.29, 1.82) is 0 Å². The number of anilines is 1. The molecule has 2 heterocycles. The first-order valence-corrected chi connectivity index (χ1v) is 10.0. The fraction of sp³-hybridized carbons (Fsp3) is 0.476. The maximum Gasteiger partial charge on any atom is 0.254 e. The summed E-state index contributed by atoms with van der Waals surface area (Å²) in [6, 6.07) is 8.01. The molecule has 1 saturated heterocycles. The van der Waals surface area contributed by atoms with Gasteiger partial charge in [0.25, 0.3) is 5.91 Å².